The number of nitrogens with zero attached hydrogens (tertiary/aromatic N) is 1. The highest BCUT2D eigenvalue weighted by atomic mass is 16.5. The van der Waals surface area contributed by atoms with Crippen LogP contribution < -0.4 is 5.32 Å². The van der Waals surface area contributed by atoms with E-state index in [1.807, 2.05) is 55.5 Å². The fourth-order valence-electron chi connectivity index (χ4n) is 4.80. The van der Waals surface area contributed by atoms with E-state index < -0.39 is 5.41 Å². The van der Waals surface area contributed by atoms with Gasteiger partial charge in [0.15, 0.2) is 0 Å². The quantitative estimate of drug-likeness (QED) is 0.494. The highest BCUT2D eigenvalue weighted by molar-refractivity contribution is 5.82. The van der Waals surface area contributed by atoms with Gasteiger partial charge in [-0.3, -0.25) is 9.59 Å². The van der Waals surface area contributed by atoms with Crippen LogP contribution in [0.3, 0.4) is 0 Å². The minimum atomic E-state index is -0.571. The van der Waals surface area contributed by atoms with Gasteiger partial charge in [-0.1, -0.05) is 68.7 Å². The number of amides is 1. The lowest BCUT2D eigenvalue weighted by molar-refractivity contribution is -0.155. The Kier molecular flexibility index (Phi) is 8.65. The molecule has 1 saturated carbocycles. The Bertz CT molecular complexity index is 985. The highest BCUT2D eigenvalue weighted by Crippen LogP contribution is 2.39. The Hall–Kier alpha value is -3.13. The number of nitriles is 1. The lowest BCUT2D eigenvalue weighted by atomic mass is 9.85. The molecule has 0 bridgehead atoms. The molecule has 1 fully saturated rings. The zero-order valence-corrected chi connectivity index (χ0v) is 19.7. The van der Waals surface area contributed by atoms with Gasteiger partial charge in [-0.2, -0.15) is 5.26 Å². The average Bonchev–Trinajstić information content (AvgIpc) is 3.33. The van der Waals surface area contributed by atoms with Crippen molar-refractivity contribution >= 4 is 11.9 Å². The molecule has 3 rings (SSSR count). The minimum Gasteiger partial charge on any atom is -0.466 e. The first-order chi connectivity index (χ1) is 16.0. The molecule has 33 heavy (non-hydrogen) atoms. The molecule has 2 aromatic rings. The largest absolute Gasteiger partial charge is 0.466 e. The van der Waals surface area contributed by atoms with Gasteiger partial charge in [-0.15, -0.1) is 0 Å². The summed E-state index contributed by atoms with van der Waals surface area (Å²) in [7, 11) is 0. The molecule has 0 radical (unpaired) electrons. The number of nitrogens with one attached hydrogen (secondary N) is 1. The summed E-state index contributed by atoms with van der Waals surface area (Å²) >= 11 is 0. The van der Waals surface area contributed by atoms with E-state index in [0.717, 1.165) is 55.2 Å². The van der Waals surface area contributed by atoms with Gasteiger partial charge in [0.25, 0.3) is 0 Å². The van der Waals surface area contributed by atoms with Crippen LogP contribution >= 0.6 is 0 Å². The van der Waals surface area contributed by atoms with E-state index in [4.69, 9.17) is 4.74 Å². The van der Waals surface area contributed by atoms with Gasteiger partial charge < -0.3 is 10.1 Å². The molecule has 174 valence electrons. The molecule has 0 aliphatic heterocycles. The predicted octanol–water partition coefficient (Wildman–Crippen LogP) is 5.42. The minimum absolute atomic E-state index is 0.00586. The molecule has 0 saturated heterocycles. The van der Waals surface area contributed by atoms with Crippen molar-refractivity contribution in [3.8, 4) is 17.2 Å². The maximum absolute atomic E-state index is 13.1. The number of hydrogen-bond acceptors (Lipinski definition) is 4. The molecule has 2 aromatic carbocycles. The van der Waals surface area contributed by atoms with E-state index in [1.165, 1.54) is 0 Å². The zero-order chi connectivity index (χ0) is 23.7. The van der Waals surface area contributed by atoms with Crippen LogP contribution in [0.5, 0.6) is 0 Å². The Morgan fingerprint density at radius 3 is 2.42 bits per heavy atom. The lowest BCUT2D eigenvalue weighted by Gasteiger charge is -2.28. The molecule has 5 heteroatoms. The maximum atomic E-state index is 13.1. The first-order valence-corrected chi connectivity index (χ1v) is 12.1. The van der Waals surface area contributed by atoms with Crippen molar-refractivity contribution < 1.29 is 14.3 Å². The number of benzene rings is 2. The van der Waals surface area contributed by atoms with E-state index in [9.17, 15) is 14.9 Å². The second-order valence-electron chi connectivity index (χ2n) is 8.97. The topological polar surface area (TPSA) is 79.2 Å². The summed E-state index contributed by atoms with van der Waals surface area (Å²) in [5.41, 5.74) is 3.07. The molecule has 0 heterocycles. The Morgan fingerprint density at radius 1 is 1.09 bits per heavy atom. The molecule has 1 unspecified atom stereocenters. The molecule has 5 nitrogen and oxygen atoms in total. The van der Waals surface area contributed by atoms with Crippen LogP contribution in [0.25, 0.3) is 11.1 Å². The van der Waals surface area contributed by atoms with Gasteiger partial charge in [0.2, 0.25) is 5.91 Å². The van der Waals surface area contributed by atoms with E-state index in [-0.39, 0.29) is 17.8 Å². The molecule has 1 amide bonds. The van der Waals surface area contributed by atoms with E-state index >= 15 is 0 Å². The van der Waals surface area contributed by atoms with Gasteiger partial charge in [-0.25, -0.2) is 0 Å². The van der Waals surface area contributed by atoms with Crippen LogP contribution in [0.4, 0.5) is 0 Å². The summed E-state index contributed by atoms with van der Waals surface area (Å²) in [6.07, 6.45) is 5.88. The molecule has 0 spiro atoms. The van der Waals surface area contributed by atoms with Gasteiger partial charge in [-0.05, 0) is 55.4 Å². The first kappa shape index (κ1) is 24.5. The summed E-state index contributed by atoms with van der Waals surface area (Å²) in [6.45, 7) is 4.62. The van der Waals surface area contributed by atoms with Crippen LogP contribution in [-0.4, -0.2) is 25.0 Å². The van der Waals surface area contributed by atoms with Crippen molar-refractivity contribution in [1.29, 1.82) is 5.26 Å². The second-order valence-corrected chi connectivity index (χ2v) is 8.97. The number of rotatable bonds is 10. The number of ether oxygens (including phenoxy) is 1. The molecule has 1 aliphatic rings. The van der Waals surface area contributed by atoms with Crippen molar-refractivity contribution in [3.63, 3.8) is 0 Å². The standard InChI is InChI=1S/C28H34N2O3/c1-3-9-23(26(31)30-20-28(16-7-8-17-28)27(32)33-4-2)18-21-12-14-22(15-13-21)25-11-6-5-10-24(25)19-29/h5-6,10-15,23H,3-4,7-9,16-18,20H2,1-2H3,(H,30,31). The fourth-order valence-corrected chi connectivity index (χ4v) is 4.80. The highest BCUT2D eigenvalue weighted by Gasteiger charge is 2.43. The predicted molar refractivity (Wildman–Crippen MR) is 129 cm³/mol. The SMILES string of the molecule is CCCC(Cc1ccc(-c2ccccc2C#N)cc1)C(=O)NCC1(C(=O)OCC)CCCC1. The van der Waals surface area contributed by atoms with Gasteiger partial charge in [0.05, 0.1) is 23.7 Å². The molecule has 0 aromatic heterocycles. The smallest absolute Gasteiger partial charge is 0.313 e. The van der Waals surface area contributed by atoms with Gasteiger partial charge in [0, 0.05) is 12.5 Å². The van der Waals surface area contributed by atoms with Crippen molar-refractivity contribution in [2.24, 2.45) is 11.3 Å². The number of esters is 1. The maximum Gasteiger partial charge on any atom is 0.313 e. The monoisotopic (exact) mass is 446 g/mol. The van der Waals surface area contributed by atoms with Crippen LogP contribution in [0.15, 0.2) is 48.5 Å². The second kappa shape index (κ2) is 11.7. The van der Waals surface area contributed by atoms with Crippen molar-refractivity contribution in [3.05, 3.63) is 59.7 Å². The van der Waals surface area contributed by atoms with Crippen molar-refractivity contribution in [1.82, 2.24) is 5.32 Å². The molecular weight excluding hydrogens is 412 g/mol. The Balaban J connectivity index is 1.67. The Morgan fingerprint density at radius 2 is 1.79 bits per heavy atom. The summed E-state index contributed by atoms with van der Waals surface area (Å²) < 4.78 is 5.32. The van der Waals surface area contributed by atoms with E-state index in [2.05, 4.69) is 18.3 Å². The van der Waals surface area contributed by atoms with Crippen LogP contribution in [0.2, 0.25) is 0 Å². The number of hydrogen-bond donors (Lipinski definition) is 1. The third kappa shape index (κ3) is 6.01. The van der Waals surface area contributed by atoms with Crippen LogP contribution in [0, 0.1) is 22.7 Å². The third-order valence-electron chi connectivity index (χ3n) is 6.67. The van der Waals surface area contributed by atoms with Crippen LogP contribution in [-0.2, 0) is 20.7 Å². The molecule has 1 atom stereocenters. The number of carbonyl (C=O) groups is 2. The molecular formula is C28H34N2O3. The summed E-state index contributed by atoms with van der Waals surface area (Å²) in [5, 5.41) is 12.4. The van der Waals surface area contributed by atoms with Gasteiger partial charge in [0.1, 0.15) is 0 Å². The zero-order valence-electron chi connectivity index (χ0n) is 19.7. The van der Waals surface area contributed by atoms with Crippen molar-refractivity contribution in [2.45, 2.75) is 58.8 Å². The van der Waals surface area contributed by atoms with E-state index in [1.54, 1.807) is 0 Å². The van der Waals surface area contributed by atoms with Crippen LogP contribution in [0.1, 0.15) is 63.5 Å². The Labute approximate surface area is 197 Å². The average molecular weight is 447 g/mol. The first-order valence-electron chi connectivity index (χ1n) is 12.1. The van der Waals surface area contributed by atoms with Gasteiger partial charge >= 0.3 is 5.97 Å². The van der Waals surface area contributed by atoms with E-state index in [0.29, 0.717) is 25.1 Å². The fraction of sp³-hybridized carbons (Fsp3) is 0.464. The molecule has 1 N–H and O–H groups in total. The summed E-state index contributed by atoms with van der Waals surface area (Å²) in [4.78, 5) is 25.7. The lowest BCUT2D eigenvalue weighted by Crippen LogP contribution is -2.44. The normalized spacial score (nSPS) is 15.4. The molecule has 1 aliphatic carbocycles. The summed E-state index contributed by atoms with van der Waals surface area (Å²) in [5.74, 6) is -0.317. The third-order valence-corrected chi connectivity index (χ3v) is 6.67. The van der Waals surface area contributed by atoms with Crippen molar-refractivity contribution in [2.75, 3.05) is 13.2 Å². The summed E-state index contributed by atoms with van der Waals surface area (Å²) in [6, 6.07) is 17.9. The number of carbonyl (C=O) groups excluding carboxylic acids is 2.